The maximum Gasteiger partial charge on any atom is 0.262 e. The SMILES string of the molecule is N#CC(=C1NS(=O)(=O)c2ccccc21)c1nc2ccc(F)cc2c(=O)[nH]1. The predicted molar refractivity (Wildman–Crippen MR) is 91.5 cm³/mol. The Balaban J connectivity index is 2.02. The molecule has 7 nitrogen and oxygen atoms in total. The van der Waals surface area contributed by atoms with Crippen LogP contribution >= 0.6 is 0 Å². The van der Waals surface area contributed by atoms with Gasteiger partial charge >= 0.3 is 0 Å². The van der Waals surface area contributed by atoms with Gasteiger partial charge in [0.1, 0.15) is 17.5 Å². The number of hydrogen-bond acceptors (Lipinski definition) is 5. The number of nitrogens with zero attached hydrogens (tertiary/aromatic N) is 2. The van der Waals surface area contributed by atoms with Crippen molar-refractivity contribution in [2.75, 3.05) is 0 Å². The largest absolute Gasteiger partial charge is 0.305 e. The smallest absolute Gasteiger partial charge is 0.262 e. The number of sulfonamides is 1. The molecular weight excluding hydrogens is 359 g/mol. The molecular formula is C17H9FN4O3S. The Kier molecular flexibility index (Phi) is 3.38. The minimum atomic E-state index is -3.80. The van der Waals surface area contributed by atoms with E-state index in [1.165, 1.54) is 12.1 Å². The first-order valence-electron chi connectivity index (χ1n) is 7.37. The minimum absolute atomic E-state index is 0.0310. The second-order valence-electron chi connectivity index (χ2n) is 5.54. The third-order valence-electron chi connectivity index (χ3n) is 3.95. The predicted octanol–water partition coefficient (Wildman–Crippen LogP) is 1.75. The van der Waals surface area contributed by atoms with Crippen LogP contribution in [0.25, 0.3) is 22.2 Å². The summed E-state index contributed by atoms with van der Waals surface area (Å²) in [7, 11) is -3.80. The molecule has 0 amide bonds. The van der Waals surface area contributed by atoms with Crippen LogP contribution in [0.5, 0.6) is 0 Å². The van der Waals surface area contributed by atoms with E-state index in [0.29, 0.717) is 5.56 Å². The van der Waals surface area contributed by atoms with Gasteiger partial charge in [-0.1, -0.05) is 18.2 Å². The molecule has 1 aliphatic heterocycles. The zero-order valence-corrected chi connectivity index (χ0v) is 13.8. The molecule has 2 N–H and O–H groups in total. The molecule has 0 fully saturated rings. The van der Waals surface area contributed by atoms with Gasteiger partial charge in [0.2, 0.25) is 0 Å². The van der Waals surface area contributed by atoms with E-state index < -0.39 is 21.4 Å². The maximum absolute atomic E-state index is 13.3. The standard InChI is InChI=1S/C17H9FN4O3S/c18-9-5-6-13-11(7-9)17(23)21-16(20-13)12(8-19)15-10-3-1-2-4-14(10)26(24,25)22-15/h1-7,22H,(H,20,21,23). The van der Waals surface area contributed by atoms with Crippen molar-refractivity contribution < 1.29 is 12.8 Å². The Labute approximate surface area is 146 Å². The molecule has 9 heteroatoms. The van der Waals surface area contributed by atoms with Gasteiger partial charge in [0.05, 0.1) is 21.5 Å². The molecule has 128 valence electrons. The second-order valence-corrected chi connectivity index (χ2v) is 7.19. The number of benzene rings is 2. The Morgan fingerprint density at radius 1 is 1.19 bits per heavy atom. The van der Waals surface area contributed by atoms with Gasteiger partial charge in [0, 0.05) is 5.56 Å². The van der Waals surface area contributed by atoms with Crippen molar-refractivity contribution in [1.29, 1.82) is 5.26 Å². The molecule has 3 aromatic rings. The van der Waals surface area contributed by atoms with Crippen LogP contribution in [0.15, 0.2) is 52.2 Å². The monoisotopic (exact) mass is 368 g/mol. The molecule has 26 heavy (non-hydrogen) atoms. The Hall–Kier alpha value is -3.51. The molecule has 1 aromatic heterocycles. The summed E-state index contributed by atoms with van der Waals surface area (Å²) in [4.78, 5) is 18.9. The van der Waals surface area contributed by atoms with Gasteiger partial charge in [-0.2, -0.15) is 5.26 Å². The fourth-order valence-corrected chi connectivity index (χ4v) is 4.10. The van der Waals surface area contributed by atoms with Crippen molar-refractivity contribution in [1.82, 2.24) is 14.7 Å². The Morgan fingerprint density at radius 2 is 1.96 bits per heavy atom. The quantitative estimate of drug-likeness (QED) is 0.635. The van der Waals surface area contributed by atoms with E-state index in [-0.39, 0.29) is 32.9 Å². The average Bonchev–Trinajstić information content (AvgIpc) is 2.88. The average molecular weight is 368 g/mol. The molecule has 1 aliphatic rings. The van der Waals surface area contributed by atoms with Gasteiger partial charge < -0.3 is 4.98 Å². The number of allylic oxidation sites excluding steroid dienone is 1. The van der Waals surface area contributed by atoms with Gasteiger partial charge in [0.25, 0.3) is 15.6 Å². The van der Waals surface area contributed by atoms with Crippen molar-refractivity contribution in [3.63, 3.8) is 0 Å². The molecule has 0 atom stereocenters. The summed E-state index contributed by atoms with van der Waals surface area (Å²) < 4.78 is 40.1. The van der Waals surface area contributed by atoms with Crippen LogP contribution in [0.2, 0.25) is 0 Å². The van der Waals surface area contributed by atoms with Crippen LogP contribution < -0.4 is 10.3 Å². The molecule has 0 aliphatic carbocycles. The van der Waals surface area contributed by atoms with Crippen LogP contribution in [-0.2, 0) is 10.0 Å². The zero-order chi connectivity index (χ0) is 18.5. The van der Waals surface area contributed by atoms with Crippen molar-refractivity contribution in [2.24, 2.45) is 0 Å². The van der Waals surface area contributed by atoms with Gasteiger partial charge in [-0.3, -0.25) is 9.52 Å². The number of halogens is 1. The van der Waals surface area contributed by atoms with E-state index in [2.05, 4.69) is 14.7 Å². The molecule has 0 spiro atoms. The van der Waals surface area contributed by atoms with Crippen LogP contribution in [-0.4, -0.2) is 18.4 Å². The van der Waals surface area contributed by atoms with E-state index in [9.17, 15) is 22.9 Å². The first-order valence-corrected chi connectivity index (χ1v) is 8.85. The summed E-state index contributed by atoms with van der Waals surface area (Å²) in [6, 6.07) is 11.6. The lowest BCUT2D eigenvalue weighted by atomic mass is 10.1. The Bertz CT molecular complexity index is 1320. The maximum atomic E-state index is 13.3. The van der Waals surface area contributed by atoms with E-state index in [4.69, 9.17) is 0 Å². The lowest BCUT2D eigenvalue weighted by Crippen LogP contribution is -2.16. The van der Waals surface area contributed by atoms with Crippen LogP contribution in [0.1, 0.15) is 11.4 Å². The normalized spacial score (nSPS) is 16.6. The van der Waals surface area contributed by atoms with Crippen molar-refractivity contribution in [3.05, 3.63) is 70.0 Å². The third-order valence-corrected chi connectivity index (χ3v) is 5.36. The second kappa shape index (κ2) is 5.50. The van der Waals surface area contributed by atoms with Gasteiger partial charge in [-0.15, -0.1) is 0 Å². The minimum Gasteiger partial charge on any atom is -0.305 e. The molecule has 0 saturated heterocycles. The number of aromatic nitrogens is 2. The summed E-state index contributed by atoms with van der Waals surface area (Å²) in [6.45, 7) is 0. The van der Waals surface area contributed by atoms with Crippen molar-refractivity contribution in [3.8, 4) is 6.07 Å². The summed E-state index contributed by atoms with van der Waals surface area (Å²) in [5.74, 6) is -0.695. The molecule has 4 rings (SSSR count). The number of fused-ring (bicyclic) bond motifs is 2. The van der Waals surface area contributed by atoms with Crippen LogP contribution in [0, 0.1) is 17.1 Å². The summed E-state index contributed by atoms with van der Waals surface area (Å²) in [6.07, 6.45) is 0. The van der Waals surface area contributed by atoms with E-state index in [1.807, 2.05) is 6.07 Å². The summed E-state index contributed by atoms with van der Waals surface area (Å²) in [5, 5.41) is 9.61. The van der Waals surface area contributed by atoms with Crippen LogP contribution in [0.3, 0.4) is 0 Å². The fraction of sp³-hybridized carbons (Fsp3) is 0. The molecule has 0 unspecified atom stereocenters. The van der Waals surface area contributed by atoms with Gasteiger partial charge in [0.15, 0.2) is 5.82 Å². The first-order chi connectivity index (χ1) is 12.4. The highest BCUT2D eigenvalue weighted by Gasteiger charge is 2.32. The zero-order valence-electron chi connectivity index (χ0n) is 12.9. The lowest BCUT2D eigenvalue weighted by Gasteiger charge is -2.06. The molecule has 0 bridgehead atoms. The summed E-state index contributed by atoms with van der Waals surface area (Å²) >= 11 is 0. The number of aromatic amines is 1. The van der Waals surface area contributed by atoms with Crippen LogP contribution in [0.4, 0.5) is 4.39 Å². The van der Waals surface area contributed by atoms with E-state index >= 15 is 0 Å². The van der Waals surface area contributed by atoms with Gasteiger partial charge in [-0.05, 0) is 24.3 Å². The first kappa shape index (κ1) is 16.0. The topological polar surface area (TPSA) is 116 Å². The molecule has 0 radical (unpaired) electrons. The Morgan fingerprint density at radius 3 is 2.73 bits per heavy atom. The number of hydrogen-bond donors (Lipinski definition) is 2. The van der Waals surface area contributed by atoms with Crippen molar-refractivity contribution in [2.45, 2.75) is 4.90 Å². The van der Waals surface area contributed by atoms with Crippen molar-refractivity contribution >= 4 is 32.2 Å². The fourth-order valence-electron chi connectivity index (χ4n) is 2.79. The van der Waals surface area contributed by atoms with E-state index in [1.54, 1.807) is 18.2 Å². The molecule has 2 aromatic carbocycles. The number of nitriles is 1. The molecule has 2 heterocycles. The highest BCUT2D eigenvalue weighted by Crippen LogP contribution is 2.34. The summed E-state index contributed by atoms with van der Waals surface area (Å²) in [5.41, 5.74) is -0.236. The van der Waals surface area contributed by atoms with E-state index in [0.717, 1.165) is 12.1 Å². The molecule has 0 saturated carbocycles. The third kappa shape index (κ3) is 2.35. The van der Waals surface area contributed by atoms with Gasteiger partial charge in [-0.25, -0.2) is 17.8 Å². The number of rotatable bonds is 1. The number of nitrogens with one attached hydrogen (secondary N) is 2. The number of H-pyrrole nitrogens is 1. The lowest BCUT2D eigenvalue weighted by molar-refractivity contribution is 0.594. The highest BCUT2D eigenvalue weighted by atomic mass is 32.2. The highest BCUT2D eigenvalue weighted by molar-refractivity contribution is 7.90.